The van der Waals surface area contributed by atoms with Gasteiger partial charge in [-0.2, -0.15) is 0 Å². The van der Waals surface area contributed by atoms with Crippen molar-refractivity contribution in [2.75, 3.05) is 5.73 Å². The van der Waals surface area contributed by atoms with E-state index in [0.717, 1.165) is 6.20 Å². The van der Waals surface area contributed by atoms with Gasteiger partial charge in [-0.3, -0.25) is 0 Å². The number of carboxylic acid groups (broad SMARTS) is 1. The van der Waals surface area contributed by atoms with Gasteiger partial charge < -0.3 is 21.1 Å². The molecule has 1 aromatic heterocycles. The lowest BCUT2D eigenvalue weighted by molar-refractivity contribution is -0.153. The van der Waals surface area contributed by atoms with Crippen molar-refractivity contribution in [3.05, 3.63) is 22.8 Å². The van der Waals surface area contributed by atoms with E-state index in [-0.39, 0.29) is 16.4 Å². The molecule has 0 saturated heterocycles. The summed E-state index contributed by atoms with van der Waals surface area (Å²) in [6.45, 7) is 0. The van der Waals surface area contributed by atoms with Crippen LogP contribution >= 0.6 is 11.6 Å². The van der Waals surface area contributed by atoms with Gasteiger partial charge in [-0.1, -0.05) is 11.6 Å². The molecule has 1 rings (SSSR count). The maximum atomic E-state index is 10.4. The third kappa shape index (κ3) is 2.56. The van der Waals surface area contributed by atoms with Crippen molar-refractivity contribution >= 4 is 23.4 Å². The Morgan fingerprint density at radius 2 is 2.13 bits per heavy atom. The summed E-state index contributed by atoms with van der Waals surface area (Å²) in [6.07, 6.45) is -2.47. The fourth-order valence-electron chi connectivity index (χ4n) is 0.979. The van der Waals surface area contributed by atoms with Crippen LogP contribution in [0.15, 0.2) is 12.3 Å². The van der Waals surface area contributed by atoms with E-state index in [0.29, 0.717) is 0 Å². The molecule has 0 radical (unpaired) electrons. The molecule has 0 aliphatic heterocycles. The lowest BCUT2D eigenvalue weighted by atomic mass is 10.1. The number of pyridine rings is 1. The maximum absolute atomic E-state index is 10.4. The molecule has 2 unspecified atom stereocenters. The number of nitrogens with two attached hydrogens (primary N) is 1. The van der Waals surface area contributed by atoms with Gasteiger partial charge in [0, 0.05) is 11.8 Å². The van der Waals surface area contributed by atoms with Crippen molar-refractivity contribution in [2.45, 2.75) is 12.2 Å². The number of hydrogen-bond donors (Lipinski definition) is 4. The molecule has 5 N–H and O–H groups in total. The second kappa shape index (κ2) is 4.43. The number of aliphatic carboxylic acids is 1. The molecule has 0 aliphatic rings. The molecule has 2 atom stereocenters. The van der Waals surface area contributed by atoms with Crippen molar-refractivity contribution < 1.29 is 20.1 Å². The summed E-state index contributed by atoms with van der Waals surface area (Å²) >= 11 is 5.69. The standard InChI is InChI=1S/C8H9ClN2O4/c9-4-1-5(10)11-2-3(4)6(12)7(13)8(14)15/h1-2,6-7,12-13H,(H2,10,11)(H,14,15). The third-order valence-electron chi connectivity index (χ3n) is 1.77. The lowest BCUT2D eigenvalue weighted by Gasteiger charge is -2.15. The monoisotopic (exact) mass is 232 g/mol. The SMILES string of the molecule is Nc1cc(Cl)c(C(O)C(O)C(=O)O)cn1. The van der Waals surface area contributed by atoms with E-state index in [1.807, 2.05) is 0 Å². The number of nitrogen functional groups attached to an aromatic ring is 1. The Bertz CT molecular complexity index is 385. The zero-order chi connectivity index (χ0) is 11.6. The number of aliphatic hydroxyl groups excluding tert-OH is 2. The minimum absolute atomic E-state index is 0.0146. The summed E-state index contributed by atoms with van der Waals surface area (Å²) in [5, 5.41) is 27.0. The Balaban J connectivity index is 3.01. The number of aromatic nitrogens is 1. The lowest BCUT2D eigenvalue weighted by Crippen LogP contribution is -2.27. The van der Waals surface area contributed by atoms with Crippen molar-refractivity contribution in [1.82, 2.24) is 4.98 Å². The summed E-state index contributed by atoms with van der Waals surface area (Å²) in [7, 11) is 0. The van der Waals surface area contributed by atoms with Gasteiger partial charge in [0.1, 0.15) is 11.9 Å². The molecule has 0 saturated carbocycles. The summed E-state index contributed by atoms with van der Waals surface area (Å²) in [5.41, 5.74) is 5.32. The molecular formula is C8H9ClN2O4. The predicted molar refractivity (Wildman–Crippen MR) is 52.3 cm³/mol. The highest BCUT2D eigenvalue weighted by molar-refractivity contribution is 6.31. The van der Waals surface area contributed by atoms with Crippen LogP contribution in [-0.2, 0) is 4.79 Å². The Morgan fingerprint density at radius 3 is 2.60 bits per heavy atom. The van der Waals surface area contributed by atoms with Crippen molar-refractivity contribution in [2.24, 2.45) is 0 Å². The minimum Gasteiger partial charge on any atom is -0.479 e. The topological polar surface area (TPSA) is 117 Å². The van der Waals surface area contributed by atoms with Crippen LogP contribution in [0, 0.1) is 0 Å². The first kappa shape index (κ1) is 11.7. The largest absolute Gasteiger partial charge is 0.479 e. The highest BCUT2D eigenvalue weighted by atomic mass is 35.5. The molecular weight excluding hydrogens is 224 g/mol. The van der Waals surface area contributed by atoms with Crippen molar-refractivity contribution in [3.8, 4) is 0 Å². The molecule has 0 amide bonds. The number of rotatable bonds is 3. The van der Waals surface area contributed by atoms with Crippen LogP contribution in [0.5, 0.6) is 0 Å². The molecule has 15 heavy (non-hydrogen) atoms. The predicted octanol–water partition coefficient (Wildman–Crippen LogP) is -0.204. The number of carbonyl (C=O) groups is 1. The fourth-order valence-corrected chi connectivity index (χ4v) is 1.25. The summed E-state index contributed by atoms with van der Waals surface area (Å²) < 4.78 is 0. The Kier molecular flexibility index (Phi) is 3.46. The Morgan fingerprint density at radius 1 is 1.53 bits per heavy atom. The van der Waals surface area contributed by atoms with Crippen LogP contribution in [0.1, 0.15) is 11.7 Å². The number of halogens is 1. The van der Waals surface area contributed by atoms with E-state index in [1.54, 1.807) is 0 Å². The second-order valence-corrected chi connectivity index (χ2v) is 3.27. The van der Waals surface area contributed by atoms with Crippen LogP contribution < -0.4 is 5.73 Å². The van der Waals surface area contributed by atoms with Crippen molar-refractivity contribution in [3.63, 3.8) is 0 Å². The number of anilines is 1. The molecule has 1 aromatic rings. The highest BCUT2D eigenvalue weighted by Gasteiger charge is 2.27. The van der Waals surface area contributed by atoms with Gasteiger partial charge in [0.25, 0.3) is 0 Å². The first-order chi connectivity index (χ1) is 6.93. The van der Waals surface area contributed by atoms with Gasteiger partial charge in [-0.05, 0) is 6.07 Å². The van der Waals surface area contributed by atoms with Gasteiger partial charge in [-0.15, -0.1) is 0 Å². The van der Waals surface area contributed by atoms with Gasteiger partial charge in [0.05, 0.1) is 5.02 Å². The van der Waals surface area contributed by atoms with Crippen molar-refractivity contribution in [1.29, 1.82) is 0 Å². The van der Waals surface area contributed by atoms with Crippen LogP contribution in [0.3, 0.4) is 0 Å². The first-order valence-corrected chi connectivity index (χ1v) is 4.31. The van der Waals surface area contributed by atoms with Gasteiger partial charge in [0.15, 0.2) is 6.10 Å². The van der Waals surface area contributed by atoms with E-state index >= 15 is 0 Å². The highest BCUT2D eigenvalue weighted by Crippen LogP contribution is 2.25. The third-order valence-corrected chi connectivity index (χ3v) is 2.10. The summed E-state index contributed by atoms with van der Waals surface area (Å²) in [4.78, 5) is 14.0. The summed E-state index contributed by atoms with van der Waals surface area (Å²) in [5.74, 6) is -1.41. The molecule has 82 valence electrons. The Hall–Kier alpha value is -1.37. The minimum atomic E-state index is -1.95. The Labute approximate surface area is 89.9 Å². The molecule has 0 fully saturated rings. The number of carboxylic acids is 1. The van der Waals surface area contributed by atoms with E-state index in [4.69, 9.17) is 27.5 Å². The number of aliphatic hydroxyl groups is 2. The molecule has 0 aromatic carbocycles. The summed E-state index contributed by atoms with van der Waals surface area (Å²) in [6, 6.07) is 1.26. The van der Waals surface area contributed by atoms with Crippen LogP contribution in [-0.4, -0.2) is 32.4 Å². The normalized spacial score (nSPS) is 14.6. The van der Waals surface area contributed by atoms with Crippen LogP contribution in [0.2, 0.25) is 5.02 Å². The van der Waals surface area contributed by atoms with E-state index in [9.17, 15) is 9.90 Å². The number of nitrogens with zero attached hydrogens (tertiary/aromatic N) is 1. The fraction of sp³-hybridized carbons (Fsp3) is 0.250. The molecule has 1 heterocycles. The molecule has 6 nitrogen and oxygen atoms in total. The number of hydrogen-bond acceptors (Lipinski definition) is 5. The van der Waals surface area contributed by atoms with E-state index in [2.05, 4.69) is 4.98 Å². The van der Waals surface area contributed by atoms with Gasteiger partial charge >= 0.3 is 5.97 Å². The van der Waals surface area contributed by atoms with E-state index in [1.165, 1.54) is 6.07 Å². The first-order valence-electron chi connectivity index (χ1n) is 3.93. The smallest absolute Gasteiger partial charge is 0.335 e. The maximum Gasteiger partial charge on any atom is 0.335 e. The van der Waals surface area contributed by atoms with Gasteiger partial charge in [-0.25, -0.2) is 9.78 Å². The molecule has 0 aliphatic carbocycles. The average Bonchev–Trinajstić information content (AvgIpc) is 2.15. The molecule has 0 bridgehead atoms. The van der Waals surface area contributed by atoms with Crippen LogP contribution in [0.4, 0.5) is 5.82 Å². The molecule has 7 heteroatoms. The molecule has 0 spiro atoms. The zero-order valence-electron chi connectivity index (χ0n) is 7.46. The second-order valence-electron chi connectivity index (χ2n) is 2.86. The zero-order valence-corrected chi connectivity index (χ0v) is 8.22. The van der Waals surface area contributed by atoms with E-state index < -0.39 is 18.2 Å². The average molecular weight is 233 g/mol. The van der Waals surface area contributed by atoms with Gasteiger partial charge in [0.2, 0.25) is 0 Å². The quantitative estimate of drug-likeness (QED) is 0.573. The van der Waals surface area contributed by atoms with Crippen LogP contribution in [0.25, 0.3) is 0 Å².